The van der Waals surface area contributed by atoms with Gasteiger partial charge in [-0.05, 0) is 45.1 Å². The number of rotatable bonds is 3. The normalized spacial score (nSPS) is 21.4. The van der Waals surface area contributed by atoms with E-state index < -0.39 is 5.41 Å². The molecule has 0 bridgehead atoms. The van der Waals surface area contributed by atoms with Crippen molar-refractivity contribution in [3.63, 3.8) is 0 Å². The highest BCUT2D eigenvalue weighted by Gasteiger charge is 2.50. The standard InChI is InChI=1S/C20H25N3O5.CH2O2/c1-22(2)11-14-10-20(19(26)28-14)5-7-23(8-6-20)18(25)13-3-4-15-16(9-13)27-12-17(24)21-15;2-1-3/h3-4,9,14H,5-8,10-12H2,1-2H3,(H,21,24);1H,(H,2,3). The molecule has 2 fully saturated rings. The first kappa shape index (κ1) is 22.5. The second-order valence-electron chi connectivity index (χ2n) is 8.22. The number of piperidine rings is 1. The molecule has 3 aliphatic heterocycles. The summed E-state index contributed by atoms with van der Waals surface area (Å²) in [5.74, 6) is 0.0903. The molecule has 168 valence electrons. The maximum absolute atomic E-state index is 12.9. The van der Waals surface area contributed by atoms with Gasteiger partial charge in [0, 0.05) is 31.6 Å². The molecular weight excluding hydrogens is 406 g/mol. The third-order valence-electron chi connectivity index (χ3n) is 5.76. The van der Waals surface area contributed by atoms with E-state index in [0.717, 1.165) is 13.0 Å². The van der Waals surface area contributed by atoms with Crippen LogP contribution in [0.1, 0.15) is 29.6 Å². The molecule has 10 heteroatoms. The zero-order valence-corrected chi connectivity index (χ0v) is 17.6. The SMILES string of the molecule is CN(C)CC1CC2(CCN(C(=O)c3ccc4c(c3)OCC(=O)N4)CC2)C(=O)O1.O=CO. The lowest BCUT2D eigenvalue weighted by Gasteiger charge is -2.36. The molecule has 4 rings (SSSR count). The number of esters is 1. The Hall–Kier alpha value is -3.14. The van der Waals surface area contributed by atoms with Crippen molar-refractivity contribution in [2.24, 2.45) is 5.41 Å². The Morgan fingerprint density at radius 2 is 2.00 bits per heavy atom. The fraction of sp³-hybridized carbons (Fsp3) is 0.524. The van der Waals surface area contributed by atoms with Crippen LogP contribution in [-0.2, 0) is 19.1 Å². The van der Waals surface area contributed by atoms with E-state index >= 15 is 0 Å². The van der Waals surface area contributed by atoms with Gasteiger partial charge in [-0.2, -0.15) is 0 Å². The maximum atomic E-state index is 12.9. The van der Waals surface area contributed by atoms with Gasteiger partial charge in [-0.25, -0.2) is 0 Å². The molecule has 1 unspecified atom stereocenters. The van der Waals surface area contributed by atoms with Crippen molar-refractivity contribution in [2.75, 3.05) is 45.7 Å². The summed E-state index contributed by atoms with van der Waals surface area (Å²) in [6.45, 7) is 1.48. The van der Waals surface area contributed by atoms with Crippen LogP contribution in [0.3, 0.4) is 0 Å². The first-order valence-electron chi connectivity index (χ1n) is 10.1. The van der Waals surface area contributed by atoms with Crippen LogP contribution >= 0.6 is 0 Å². The first-order chi connectivity index (χ1) is 14.8. The molecule has 2 amide bonds. The number of carbonyl (C=O) groups is 4. The molecule has 31 heavy (non-hydrogen) atoms. The van der Waals surface area contributed by atoms with Crippen LogP contribution in [0.25, 0.3) is 0 Å². The fourth-order valence-electron chi connectivity index (χ4n) is 4.28. The Bertz CT molecular complexity index is 863. The quantitative estimate of drug-likeness (QED) is 0.530. The van der Waals surface area contributed by atoms with E-state index in [2.05, 4.69) is 5.32 Å². The van der Waals surface area contributed by atoms with E-state index in [-0.39, 0.29) is 37.0 Å². The molecule has 10 nitrogen and oxygen atoms in total. The number of benzene rings is 1. The predicted molar refractivity (Wildman–Crippen MR) is 110 cm³/mol. The van der Waals surface area contributed by atoms with Crippen molar-refractivity contribution >= 4 is 29.9 Å². The average Bonchev–Trinajstić information content (AvgIpc) is 3.01. The third kappa shape index (κ3) is 4.96. The molecule has 0 saturated carbocycles. The lowest BCUT2D eigenvalue weighted by Crippen LogP contribution is -2.45. The smallest absolute Gasteiger partial charge is 0.312 e. The number of fused-ring (bicyclic) bond motifs is 1. The van der Waals surface area contributed by atoms with Crippen molar-refractivity contribution in [3.8, 4) is 5.75 Å². The minimum atomic E-state index is -0.458. The molecule has 3 heterocycles. The molecule has 0 radical (unpaired) electrons. The third-order valence-corrected chi connectivity index (χ3v) is 5.76. The maximum Gasteiger partial charge on any atom is 0.312 e. The van der Waals surface area contributed by atoms with E-state index in [1.807, 2.05) is 19.0 Å². The molecular formula is C21H27N3O7. The Morgan fingerprint density at radius 3 is 2.65 bits per heavy atom. The first-order valence-corrected chi connectivity index (χ1v) is 10.1. The summed E-state index contributed by atoms with van der Waals surface area (Å²) in [4.78, 5) is 48.9. The van der Waals surface area contributed by atoms with Crippen molar-refractivity contribution in [3.05, 3.63) is 23.8 Å². The molecule has 1 spiro atoms. The number of nitrogens with zero attached hydrogens (tertiary/aromatic N) is 2. The lowest BCUT2D eigenvalue weighted by molar-refractivity contribution is -0.150. The molecule has 2 N–H and O–H groups in total. The highest BCUT2D eigenvalue weighted by molar-refractivity contribution is 5.99. The van der Waals surface area contributed by atoms with Gasteiger partial charge < -0.3 is 29.7 Å². The number of amides is 2. The van der Waals surface area contributed by atoms with Crippen LogP contribution in [0.2, 0.25) is 0 Å². The number of carboxylic acid groups (broad SMARTS) is 1. The van der Waals surface area contributed by atoms with E-state index in [4.69, 9.17) is 19.4 Å². The monoisotopic (exact) mass is 433 g/mol. The van der Waals surface area contributed by atoms with Crippen LogP contribution in [-0.4, -0.2) is 85.6 Å². The van der Waals surface area contributed by atoms with Crippen molar-refractivity contribution in [1.29, 1.82) is 0 Å². The summed E-state index contributed by atoms with van der Waals surface area (Å²) in [7, 11) is 3.93. The van der Waals surface area contributed by atoms with Gasteiger partial charge in [0.15, 0.2) is 6.61 Å². The second kappa shape index (κ2) is 9.34. The van der Waals surface area contributed by atoms with Gasteiger partial charge in [-0.3, -0.25) is 19.2 Å². The van der Waals surface area contributed by atoms with Crippen molar-refractivity contribution in [2.45, 2.75) is 25.4 Å². The number of likely N-dealkylation sites (N-methyl/N-ethyl adjacent to an activating group) is 1. The van der Waals surface area contributed by atoms with Gasteiger partial charge in [0.05, 0.1) is 11.1 Å². The molecule has 0 aliphatic carbocycles. The molecule has 3 aliphatic rings. The van der Waals surface area contributed by atoms with E-state index in [1.54, 1.807) is 23.1 Å². The van der Waals surface area contributed by atoms with Gasteiger partial charge in [0.1, 0.15) is 11.9 Å². The lowest BCUT2D eigenvalue weighted by atomic mass is 9.76. The number of carbonyl (C=O) groups excluding carboxylic acids is 3. The summed E-state index contributed by atoms with van der Waals surface area (Å²) < 4.78 is 11.0. The van der Waals surface area contributed by atoms with E-state index in [1.165, 1.54) is 0 Å². The van der Waals surface area contributed by atoms with Crippen LogP contribution in [0.15, 0.2) is 18.2 Å². The number of anilines is 1. The summed E-state index contributed by atoms with van der Waals surface area (Å²) in [5.41, 5.74) is 0.636. The Labute approximate surface area is 180 Å². The van der Waals surface area contributed by atoms with Crippen molar-refractivity contribution < 1.29 is 33.8 Å². The molecule has 2 saturated heterocycles. The number of nitrogens with one attached hydrogen (secondary N) is 1. The predicted octanol–water partition coefficient (Wildman–Crippen LogP) is 0.818. The minimum Gasteiger partial charge on any atom is -0.483 e. The minimum absolute atomic E-state index is 0.0485. The van der Waals surface area contributed by atoms with Crippen LogP contribution in [0, 0.1) is 5.41 Å². The number of ether oxygens (including phenoxy) is 2. The summed E-state index contributed by atoms with van der Waals surface area (Å²) in [6, 6.07) is 5.04. The van der Waals surface area contributed by atoms with E-state index in [9.17, 15) is 14.4 Å². The van der Waals surface area contributed by atoms with Gasteiger partial charge in [0.25, 0.3) is 18.3 Å². The van der Waals surface area contributed by atoms with Gasteiger partial charge in [0.2, 0.25) is 0 Å². The number of hydrogen-bond donors (Lipinski definition) is 2. The summed E-state index contributed by atoms with van der Waals surface area (Å²) in [5, 5.41) is 9.61. The van der Waals surface area contributed by atoms with Gasteiger partial charge >= 0.3 is 5.97 Å². The molecule has 1 aromatic rings. The fourth-order valence-corrected chi connectivity index (χ4v) is 4.28. The Morgan fingerprint density at radius 1 is 1.32 bits per heavy atom. The Balaban J connectivity index is 0.000000858. The Kier molecular flexibility index (Phi) is 6.79. The van der Waals surface area contributed by atoms with Crippen LogP contribution in [0.5, 0.6) is 5.75 Å². The topological polar surface area (TPSA) is 125 Å². The molecule has 1 aromatic carbocycles. The van der Waals surface area contributed by atoms with Crippen LogP contribution < -0.4 is 10.1 Å². The molecule has 0 aromatic heterocycles. The summed E-state index contributed by atoms with van der Waals surface area (Å²) in [6.07, 6.45) is 1.90. The summed E-state index contributed by atoms with van der Waals surface area (Å²) >= 11 is 0. The number of likely N-dealkylation sites (tertiary alicyclic amines) is 1. The average molecular weight is 433 g/mol. The number of cyclic esters (lactones) is 1. The largest absolute Gasteiger partial charge is 0.483 e. The van der Waals surface area contributed by atoms with Crippen LogP contribution in [0.4, 0.5) is 5.69 Å². The van der Waals surface area contributed by atoms with Gasteiger partial charge in [-0.1, -0.05) is 0 Å². The number of hydrogen-bond acceptors (Lipinski definition) is 7. The van der Waals surface area contributed by atoms with Crippen molar-refractivity contribution in [1.82, 2.24) is 9.80 Å². The highest BCUT2D eigenvalue weighted by atomic mass is 16.6. The zero-order chi connectivity index (χ0) is 22.6. The molecule has 1 atom stereocenters. The van der Waals surface area contributed by atoms with E-state index in [0.29, 0.717) is 42.9 Å². The zero-order valence-electron chi connectivity index (χ0n) is 17.6. The highest BCUT2D eigenvalue weighted by Crippen LogP contribution is 2.43. The second-order valence-corrected chi connectivity index (χ2v) is 8.22. The van der Waals surface area contributed by atoms with Gasteiger partial charge in [-0.15, -0.1) is 0 Å².